The fourth-order valence-corrected chi connectivity index (χ4v) is 4.05. The molecular weight excluding hydrogens is 418 g/mol. The number of carbonyl (C=O) groups is 2. The minimum Gasteiger partial charge on any atom is -0.329 e. The zero-order valence-electron chi connectivity index (χ0n) is 17.0. The van der Waals surface area contributed by atoms with Crippen LogP contribution in [0.5, 0.6) is 0 Å². The van der Waals surface area contributed by atoms with Gasteiger partial charge in [-0.1, -0.05) is 12.0 Å². The van der Waals surface area contributed by atoms with Crippen molar-refractivity contribution >= 4 is 32.9 Å². The summed E-state index contributed by atoms with van der Waals surface area (Å²) in [6.07, 6.45) is 5.07. The van der Waals surface area contributed by atoms with Crippen LogP contribution >= 0.6 is 0 Å². The van der Waals surface area contributed by atoms with Crippen molar-refractivity contribution in [2.75, 3.05) is 6.54 Å². The highest BCUT2D eigenvalue weighted by molar-refractivity contribution is 7.89. The largest absolute Gasteiger partial charge is 0.329 e. The summed E-state index contributed by atoms with van der Waals surface area (Å²) >= 11 is 0. The van der Waals surface area contributed by atoms with Crippen molar-refractivity contribution in [2.24, 2.45) is 0 Å². The number of nitrogens with zero attached hydrogens (tertiary/aromatic N) is 2. The lowest BCUT2D eigenvalue weighted by molar-refractivity contribution is 0.0846. The molecule has 0 aliphatic rings. The summed E-state index contributed by atoms with van der Waals surface area (Å²) < 4.78 is 28.6. The van der Waals surface area contributed by atoms with Gasteiger partial charge in [-0.3, -0.25) is 20.4 Å². The summed E-state index contributed by atoms with van der Waals surface area (Å²) in [5.41, 5.74) is 6.57. The van der Waals surface area contributed by atoms with E-state index in [9.17, 15) is 18.0 Å². The van der Waals surface area contributed by atoms with Crippen LogP contribution < -0.4 is 15.6 Å². The normalized spacial score (nSPS) is 11.1. The molecule has 0 spiro atoms. The molecule has 3 N–H and O–H groups in total. The molecule has 2 amide bonds. The molecule has 0 atom stereocenters. The van der Waals surface area contributed by atoms with Gasteiger partial charge >= 0.3 is 0 Å². The Bertz CT molecular complexity index is 1310. The van der Waals surface area contributed by atoms with E-state index in [2.05, 4.69) is 26.5 Å². The Labute approximate surface area is 179 Å². The number of hydrogen-bond donors (Lipinski definition) is 3. The third kappa shape index (κ3) is 4.74. The second-order valence-corrected chi connectivity index (χ2v) is 8.34. The number of terminal acetylenes is 1. The number of sulfonamides is 1. The van der Waals surface area contributed by atoms with Crippen LogP contribution in [0.2, 0.25) is 0 Å². The molecule has 1 aromatic heterocycles. The third-order valence-corrected chi connectivity index (χ3v) is 5.98. The van der Waals surface area contributed by atoms with Crippen LogP contribution in [0.25, 0.3) is 11.0 Å². The first-order valence-corrected chi connectivity index (χ1v) is 10.9. The fraction of sp³-hybridized carbons (Fsp3) is 0.190. The molecule has 0 fully saturated rings. The molecule has 0 aliphatic heterocycles. The number of amides is 2. The molecule has 0 aliphatic carbocycles. The molecule has 160 valence electrons. The van der Waals surface area contributed by atoms with Gasteiger partial charge < -0.3 is 4.57 Å². The number of carbonyl (C=O) groups excluding carboxylic acids is 2. The van der Waals surface area contributed by atoms with Crippen molar-refractivity contribution in [2.45, 2.75) is 25.3 Å². The zero-order chi connectivity index (χ0) is 22.6. The van der Waals surface area contributed by atoms with Crippen LogP contribution in [-0.2, 0) is 16.6 Å². The molecule has 0 radical (unpaired) electrons. The van der Waals surface area contributed by atoms with Crippen molar-refractivity contribution in [1.29, 1.82) is 0 Å². The van der Waals surface area contributed by atoms with Crippen molar-refractivity contribution in [3.8, 4) is 12.3 Å². The lowest BCUT2D eigenvalue weighted by Crippen LogP contribution is -2.41. The summed E-state index contributed by atoms with van der Waals surface area (Å²) in [4.78, 5) is 29.2. The monoisotopic (exact) mass is 439 g/mol. The quantitative estimate of drug-likeness (QED) is 0.395. The Morgan fingerprint density at radius 2 is 1.77 bits per heavy atom. The van der Waals surface area contributed by atoms with Gasteiger partial charge in [-0.25, -0.2) is 13.4 Å². The maximum absolute atomic E-state index is 12.4. The van der Waals surface area contributed by atoms with Gasteiger partial charge in [0.25, 0.3) is 11.8 Å². The summed E-state index contributed by atoms with van der Waals surface area (Å²) in [5.74, 6) is 1.82. The van der Waals surface area contributed by atoms with Gasteiger partial charge in [0.15, 0.2) is 0 Å². The van der Waals surface area contributed by atoms with Gasteiger partial charge in [0, 0.05) is 17.7 Å². The lowest BCUT2D eigenvalue weighted by Gasteiger charge is -2.09. The molecule has 0 bridgehead atoms. The van der Waals surface area contributed by atoms with E-state index in [1.54, 1.807) is 18.2 Å². The molecule has 31 heavy (non-hydrogen) atoms. The van der Waals surface area contributed by atoms with Crippen molar-refractivity contribution in [1.82, 2.24) is 25.1 Å². The van der Waals surface area contributed by atoms with E-state index in [1.165, 1.54) is 24.3 Å². The number of benzene rings is 2. The summed E-state index contributed by atoms with van der Waals surface area (Å²) in [5, 5.41) is 0. The van der Waals surface area contributed by atoms with Crippen LogP contribution in [0.15, 0.2) is 47.4 Å². The van der Waals surface area contributed by atoms with Crippen LogP contribution in [0.3, 0.4) is 0 Å². The molecule has 9 nitrogen and oxygen atoms in total. The Morgan fingerprint density at radius 3 is 2.42 bits per heavy atom. The van der Waals surface area contributed by atoms with E-state index < -0.39 is 21.8 Å². The first-order chi connectivity index (χ1) is 14.8. The SMILES string of the molecule is C#CCNS(=O)(=O)c1cccc(C(=O)NNC(=O)c2ccc3c(c2)nc(C)n3CC)c1. The van der Waals surface area contributed by atoms with E-state index in [1.807, 2.05) is 18.4 Å². The van der Waals surface area contributed by atoms with Crippen molar-refractivity contribution < 1.29 is 18.0 Å². The zero-order valence-corrected chi connectivity index (χ0v) is 17.8. The Hall–Kier alpha value is -3.68. The molecule has 10 heteroatoms. The number of rotatable bonds is 6. The van der Waals surface area contributed by atoms with Gasteiger partial charge in [-0.15, -0.1) is 6.42 Å². The molecule has 0 saturated heterocycles. The Kier molecular flexibility index (Phi) is 6.39. The topological polar surface area (TPSA) is 122 Å². The average molecular weight is 439 g/mol. The number of aromatic nitrogens is 2. The fourth-order valence-electron chi connectivity index (χ4n) is 3.07. The third-order valence-electron chi connectivity index (χ3n) is 4.58. The average Bonchev–Trinajstić information content (AvgIpc) is 3.09. The Morgan fingerprint density at radius 1 is 1.10 bits per heavy atom. The van der Waals surface area contributed by atoms with Crippen LogP contribution in [0.4, 0.5) is 0 Å². The van der Waals surface area contributed by atoms with E-state index in [4.69, 9.17) is 6.42 Å². The van der Waals surface area contributed by atoms with E-state index in [0.29, 0.717) is 11.1 Å². The second kappa shape index (κ2) is 8.99. The molecule has 2 aromatic carbocycles. The lowest BCUT2D eigenvalue weighted by atomic mass is 10.2. The maximum Gasteiger partial charge on any atom is 0.269 e. The molecule has 3 rings (SSSR count). The molecule has 3 aromatic rings. The minimum absolute atomic E-state index is 0.0525. The van der Waals surface area contributed by atoms with E-state index >= 15 is 0 Å². The highest BCUT2D eigenvalue weighted by atomic mass is 32.2. The molecule has 1 heterocycles. The summed E-state index contributed by atoms with van der Waals surface area (Å²) in [7, 11) is -3.85. The molecule has 0 saturated carbocycles. The van der Waals surface area contributed by atoms with Crippen molar-refractivity contribution in [3.05, 3.63) is 59.4 Å². The second-order valence-electron chi connectivity index (χ2n) is 6.57. The number of aryl methyl sites for hydroxylation is 2. The Balaban J connectivity index is 1.71. The summed E-state index contributed by atoms with van der Waals surface area (Å²) in [6.45, 7) is 4.49. The molecule has 0 unspecified atom stereocenters. The highest BCUT2D eigenvalue weighted by Crippen LogP contribution is 2.17. The smallest absolute Gasteiger partial charge is 0.269 e. The van der Waals surface area contributed by atoms with Crippen LogP contribution in [0, 0.1) is 19.3 Å². The number of hydrogen-bond acceptors (Lipinski definition) is 5. The maximum atomic E-state index is 12.4. The predicted molar refractivity (Wildman–Crippen MR) is 116 cm³/mol. The first-order valence-electron chi connectivity index (χ1n) is 9.37. The minimum atomic E-state index is -3.85. The van der Waals surface area contributed by atoms with Crippen LogP contribution in [0.1, 0.15) is 33.5 Å². The standard InChI is InChI=1S/C21H21N5O4S/c1-4-11-22-31(29,30)17-8-6-7-15(12-17)20(27)24-25-21(28)16-9-10-19-18(13-16)23-14(3)26(19)5-2/h1,6-10,12-13,22H,5,11H2,2-3H3,(H,24,27)(H,25,28). The van der Waals surface area contributed by atoms with Gasteiger partial charge in [-0.2, -0.15) is 4.72 Å². The van der Waals surface area contributed by atoms with Gasteiger partial charge in [0.2, 0.25) is 10.0 Å². The first kappa shape index (κ1) is 22.0. The van der Waals surface area contributed by atoms with Crippen molar-refractivity contribution in [3.63, 3.8) is 0 Å². The van der Waals surface area contributed by atoms with Gasteiger partial charge in [0.1, 0.15) is 5.82 Å². The van der Waals surface area contributed by atoms with E-state index in [-0.39, 0.29) is 17.0 Å². The number of imidazole rings is 1. The number of nitrogens with one attached hydrogen (secondary N) is 3. The highest BCUT2D eigenvalue weighted by Gasteiger charge is 2.16. The number of fused-ring (bicyclic) bond motifs is 1. The van der Waals surface area contributed by atoms with E-state index in [0.717, 1.165) is 17.9 Å². The van der Waals surface area contributed by atoms with Gasteiger partial charge in [0.05, 0.1) is 22.5 Å². The predicted octanol–water partition coefficient (Wildman–Crippen LogP) is 1.35. The van der Waals surface area contributed by atoms with Gasteiger partial charge in [-0.05, 0) is 50.2 Å². The van der Waals surface area contributed by atoms with Crippen LogP contribution in [-0.4, -0.2) is 36.3 Å². The number of hydrazine groups is 1. The summed E-state index contributed by atoms with van der Waals surface area (Å²) in [6, 6.07) is 10.4. The molecular formula is C21H21N5O4S.